The Hall–Kier alpha value is -3.75. The van der Waals surface area contributed by atoms with Gasteiger partial charge in [0.05, 0.1) is 24.5 Å². The number of amides is 2. The minimum Gasteiger partial charge on any atom is -0.481 e. The third kappa shape index (κ3) is 4.05. The van der Waals surface area contributed by atoms with Gasteiger partial charge in [0.1, 0.15) is 12.1 Å². The number of fused-ring (bicyclic) bond motifs is 4. The van der Waals surface area contributed by atoms with Crippen LogP contribution in [0.15, 0.2) is 47.4 Å². The molecule has 2 aliphatic heterocycles. The second-order valence-corrected chi connectivity index (χ2v) is 7.72. The van der Waals surface area contributed by atoms with Gasteiger partial charge >= 0.3 is 6.03 Å². The summed E-state index contributed by atoms with van der Waals surface area (Å²) >= 11 is 0. The molecule has 2 aromatic rings. The van der Waals surface area contributed by atoms with E-state index in [1.54, 1.807) is 17.2 Å². The van der Waals surface area contributed by atoms with Gasteiger partial charge in [0.25, 0.3) is 0 Å². The topological polar surface area (TPSA) is 95.8 Å². The highest BCUT2D eigenvalue weighted by Crippen LogP contribution is 2.39. The van der Waals surface area contributed by atoms with Crippen molar-refractivity contribution >= 4 is 35.6 Å². The third-order valence-electron chi connectivity index (χ3n) is 5.84. The van der Waals surface area contributed by atoms with Crippen molar-refractivity contribution in [1.82, 2.24) is 15.0 Å². The van der Waals surface area contributed by atoms with Crippen molar-refractivity contribution in [3.8, 4) is 5.88 Å². The molecule has 166 valence electrons. The minimum atomic E-state index is -0.279. The summed E-state index contributed by atoms with van der Waals surface area (Å²) < 4.78 is 5.14. The number of ether oxygens (including phenoxy) is 1. The summed E-state index contributed by atoms with van der Waals surface area (Å²) in [6, 6.07) is 5.34. The molecule has 9 nitrogen and oxygen atoms in total. The largest absolute Gasteiger partial charge is 0.481 e. The Morgan fingerprint density at radius 1 is 1.38 bits per heavy atom. The first-order chi connectivity index (χ1) is 15.5. The van der Waals surface area contributed by atoms with Gasteiger partial charge in [-0.25, -0.2) is 19.7 Å². The molecule has 0 spiro atoms. The average Bonchev–Trinajstić information content (AvgIpc) is 2.82. The summed E-state index contributed by atoms with van der Waals surface area (Å²) in [6.45, 7) is 9.30. The van der Waals surface area contributed by atoms with Crippen LogP contribution >= 0.6 is 0 Å². The number of hydrogen-bond acceptors (Lipinski definition) is 7. The van der Waals surface area contributed by atoms with Crippen molar-refractivity contribution in [2.24, 2.45) is 4.99 Å². The molecule has 0 unspecified atom stereocenters. The number of hydrogen-bond donors (Lipinski definition) is 1. The van der Waals surface area contributed by atoms with E-state index in [4.69, 9.17) is 9.72 Å². The van der Waals surface area contributed by atoms with Gasteiger partial charge in [-0.3, -0.25) is 15.2 Å². The molecule has 0 radical (unpaired) electrons. The molecule has 9 heteroatoms. The van der Waals surface area contributed by atoms with E-state index in [1.165, 1.54) is 13.4 Å². The molecule has 32 heavy (non-hydrogen) atoms. The first kappa shape index (κ1) is 21.5. The maximum Gasteiger partial charge on any atom is 0.329 e. The van der Waals surface area contributed by atoms with E-state index in [9.17, 15) is 4.79 Å². The van der Waals surface area contributed by atoms with Crippen LogP contribution in [0.3, 0.4) is 0 Å². The Morgan fingerprint density at radius 3 is 2.97 bits per heavy atom. The number of nitrogens with zero attached hydrogens (tertiary/aromatic N) is 6. The van der Waals surface area contributed by atoms with E-state index in [0.717, 1.165) is 48.5 Å². The summed E-state index contributed by atoms with van der Waals surface area (Å²) in [7, 11) is 1.52. The van der Waals surface area contributed by atoms with Crippen molar-refractivity contribution in [3.63, 3.8) is 0 Å². The summed E-state index contributed by atoms with van der Waals surface area (Å²) in [4.78, 5) is 34.5. The van der Waals surface area contributed by atoms with E-state index in [0.29, 0.717) is 17.5 Å². The van der Waals surface area contributed by atoms with Gasteiger partial charge in [-0.1, -0.05) is 6.08 Å². The highest BCUT2D eigenvalue weighted by molar-refractivity contribution is 6.04. The van der Waals surface area contributed by atoms with Crippen LogP contribution in [-0.2, 0) is 0 Å². The second-order valence-electron chi connectivity index (χ2n) is 7.72. The van der Waals surface area contributed by atoms with Crippen LogP contribution in [0.5, 0.6) is 5.88 Å². The van der Waals surface area contributed by atoms with Crippen molar-refractivity contribution in [1.29, 1.82) is 0 Å². The van der Waals surface area contributed by atoms with E-state index >= 15 is 0 Å². The maximum absolute atomic E-state index is 13.4. The number of piperidine rings is 1. The van der Waals surface area contributed by atoms with Crippen LogP contribution in [0.4, 0.5) is 22.1 Å². The molecule has 0 aromatic carbocycles. The molecular weight excluding hydrogens is 406 g/mol. The quantitative estimate of drug-likeness (QED) is 0.567. The predicted molar refractivity (Wildman–Crippen MR) is 127 cm³/mol. The average molecular weight is 434 g/mol. The number of aliphatic imine (C=N–C) groups is 1. The highest BCUT2D eigenvalue weighted by atomic mass is 16.5. The summed E-state index contributed by atoms with van der Waals surface area (Å²) in [5, 5.41) is 2.88. The van der Waals surface area contributed by atoms with Crippen molar-refractivity contribution in [3.05, 3.63) is 48.1 Å². The van der Waals surface area contributed by atoms with Gasteiger partial charge in [-0.2, -0.15) is 0 Å². The van der Waals surface area contributed by atoms with Crippen LogP contribution in [0.25, 0.3) is 5.57 Å². The number of carbonyl (C=O) groups excluding carboxylic acids is 1. The first-order valence-corrected chi connectivity index (χ1v) is 10.6. The first-order valence-electron chi connectivity index (χ1n) is 10.6. The SMILES string of the molecule is C=N/C=C(\C(C)=C/C)c1ccc2c(n1)N(C(=O)Nc1cc(OC)ncn1)[C@H]1CCCN2C1. The molecule has 2 amide bonds. The standard InChI is InChI=1S/C23H27N7O2/c1-5-15(2)17(12-24-3)18-8-9-19-22(27-18)30(16-7-6-10-29(19)13-16)23(31)28-20-11-21(32-4)26-14-25-20/h5,8-9,11-12,14,16H,3,6-7,10,13H2,1-2,4H3,(H,25,26,28,31)/b15-5-,17-12+/t16-/m0/s1. The summed E-state index contributed by atoms with van der Waals surface area (Å²) in [6.07, 6.45) is 6.98. The molecule has 1 fully saturated rings. The molecule has 2 bridgehead atoms. The van der Waals surface area contributed by atoms with Gasteiger partial charge in [0.15, 0.2) is 5.82 Å². The Balaban J connectivity index is 1.75. The maximum atomic E-state index is 13.4. The fourth-order valence-corrected chi connectivity index (χ4v) is 4.14. The fourth-order valence-electron chi connectivity index (χ4n) is 4.14. The normalized spacial score (nSPS) is 18.2. The van der Waals surface area contributed by atoms with Crippen LogP contribution in [0, 0.1) is 0 Å². The second kappa shape index (κ2) is 9.17. The van der Waals surface area contributed by atoms with Crippen molar-refractivity contribution < 1.29 is 9.53 Å². The number of urea groups is 1. The molecule has 0 aliphatic carbocycles. The number of allylic oxidation sites excluding steroid dienone is 3. The molecule has 0 saturated carbocycles. The fraction of sp³-hybridized carbons (Fsp3) is 0.348. The lowest BCUT2D eigenvalue weighted by Gasteiger charge is -2.45. The van der Waals surface area contributed by atoms with E-state index in [1.807, 2.05) is 32.1 Å². The Morgan fingerprint density at radius 2 is 2.22 bits per heavy atom. The zero-order valence-corrected chi connectivity index (χ0v) is 18.6. The Labute approximate surface area is 187 Å². The van der Waals surface area contributed by atoms with Crippen LogP contribution in [0.2, 0.25) is 0 Å². The van der Waals surface area contributed by atoms with Crippen LogP contribution in [0.1, 0.15) is 32.4 Å². The number of pyridine rings is 1. The number of methoxy groups -OCH3 is 1. The lowest BCUT2D eigenvalue weighted by molar-refractivity contribution is 0.252. The monoisotopic (exact) mass is 433 g/mol. The van der Waals surface area contributed by atoms with Crippen molar-refractivity contribution in [2.45, 2.75) is 32.7 Å². The van der Waals surface area contributed by atoms with Gasteiger partial charge in [0, 0.05) is 30.9 Å². The molecule has 1 N–H and O–H groups in total. The third-order valence-corrected chi connectivity index (χ3v) is 5.84. The Kier molecular flexibility index (Phi) is 6.16. The lowest BCUT2D eigenvalue weighted by atomic mass is 9.98. The molecule has 2 aromatic heterocycles. The summed E-state index contributed by atoms with van der Waals surface area (Å²) in [5.41, 5.74) is 3.60. The van der Waals surface area contributed by atoms with Gasteiger partial charge < -0.3 is 9.64 Å². The lowest BCUT2D eigenvalue weighted by Crippen LogP contribution is -2.56. The molecule has 4 heterocycles. The van der Waals surface area contributed by atoms with Crippen LogP contribution < -0.4 is 19.9 Å². The molecule has 1 atom stereocenters. The number of carbonyl (C=O) groups is 1. The molecule has 4 rings (SSSR count). The highest BCUT2D eigenvalue weighted by Gasteiger charge is 2.38. The van der Waals surface area contributed by atoms with Crippen molar-refractivity contribution in [2.75, 3.05) is 35.3 Å². The van der Waals surface area contributed by atoms with E-state index < -0.39 is 0 Å². The number of aromatic nitrogens is 3. The van der Waals surface area contributed by atoms with Gasteiger partial charge in [0.2, 0.25) is 5.88 Å². The van der Waals surface area contributed by atoms with Gasteiger partial charge in [-0.15, -0.1) is 0 Å². The minimum absolute atomic E-state index is 0.0236. The zero-order valence-electron chi connectivity index (χ0n) is 18.6. The number of rotatable bonds is 5. The Bertz CT molecular complexity index is 1100. The predicted octanol–water partition coefficient (Wildman–Crippen LogP) is 3.91. The van der Waals surface area contributed by atoms with Crippen LogP contribution in [-0.4, -0.2) is 53.9 Å². The smallest absolute Gasteiger partial charge is 0.329 e. The summed E-state index contributed by atoms with van der Waals surface area (Å²) in [5.74, 6) is 1.39. The molecule has 2 aliphatic rings. The number of anilines is 3. The zero-order chi connectivity index (χ0) is 22.7. The molecular formula is C23H27N7O2. The van der Waals surface area contributed by atoms with E-state index in [-0.39, 0.29) is 12.1 Å². The number of nitrogens with one attached hydrogen (secondary N) is 1. The molecule has 1 saturated heterocycles. The van der Waals surface area contributed by atoms with Gasteiger partial charge in [-0.05, 0) is 51.1 Å². The van der Waals surface area contributed by atoms with E-state index in [2.05, 4.69) is 31.9 Å².